The number of ether oxygens (including phenoxy) is 2. The van der Waals surface area contributed by atoms with Gasteiger partial charge in [0, 0.05) is 63.9 Å². The van der Waals surface area contributed by atoms with E-state index in [9.17, 15) is 14.4 Å². The van der Waals surface area contributed by atoms with Gasteiger partial charge in [0.1, 0.15) is 5.75 Å². The highest BCUT2D eigenvalue weighted by atomic mass is 16.5. The molecule has 1 aromatic carbocycles. The summed E-state index contributed by atoms with van der Waals surface area (Å²) in [6.45, 7) is 3.35. The lowest BCUT2D eigenvalue weighted by atomic mass is 9.96. The molecule has 13 heteroatoms. The van der Waals surface area contributed by atoms with Gasteiger partial charge in [0.15, 0.2) is 5.60 Å². The van der Waals surface area contributed by atoms with Crippen LogP contribution in [0.5, 0.6) is 5.75 Å². The molecule has 39 heavy (non-hydrogen) atoms. The Morgan fingerprint density at radius 1 is 1.05 bits per heavy atom. The van der Waals surface area contributed by atoms with E-state index in [0.717, 1.165) is 56.3 Å². The molecule has 4 N–H and O–H groups in total. The molecule has 1 aliphatic rings. The number of rotatable bonds is 13. The van der Waals surface area contributed by atoms with E-state index in [4.69, 9.17) is 29.9 Å². The Morgan fingerprint density at radius 3 is 2.15 bits per heavy atom. The molecule has 1 saturated heterocycles. The Bertz CT molecular complexity index is 1070. The maximum atomic E-state index is 10.3. The second-order valence-corrected chi connectivity index (χ2v) is 9.38. The lowest BCUT2D eigenvalue weighted by Gasteiger charge is -2.26. The van der Waals surface area contributed by atoms with Gasteiger partial charge in [-0.15, -0.1) is 0 Å². The van der Waals surface area contributed by atoms with Gasteiger partial charge in [-0.1, -0.05) is 18.2 Å². The maximum absolute atomic E-state index is 10.3. The Balaban J connectivity index is 0.000000349. The molecule has 1 atom stereocenters. The first kappa shape index (κ1) is 31.4. The Kier molecular flexibility index (Phi) is 12.0. The summed E-state index contributed by atoms with van der Waals surface area (Å²) in [4.78, 5) is 43.7. The van der Waals surface area contributed by atoms with Crippen LogP contribution in [0.4, 0.5) is 5.95 Å². The molecule has 13 nitrogen and oxygen atoms in total. The number of hydrogen-bond donors (Lipinski definition) is 4. The molecule has 0 amide bonds. The molecule has 1 unspecified atom stereocenters. The van der Waals surface area contributed by atoms with E-state index >= 15 is 0 Å². The van der Waals surface area contributed by atoms with E-state index in [0.29, 0.717) is 6.10 Å². The number of hydrogen-bond acceptors (Lipinski definition) is 10. The molecule has 0 radical (unpaired) electrons. The molecule has 214 valence electrons. The molecule has 0 saturated carbocycles. The molecule has 0 aliphatic carbocycles. The third-order valence-electron chi connectivity index (χ3n) is 5.86. The van der Waals surface area contributed by atoms with E-state index in [-0.39, 0.29) is 0 Å². The second kappa shape index (κ2) is 15.0. The van der Waals surface area contributed by atoms with E-state index in [2.05, 4.69) is 27.0 Å². The van der Waals surface area contributed by atoms with Crippen LogP contribution in [-0.2, 0) is 32.2 Å². The summed E-state index contributed by atoms with van der Waals surface area (Å²) in [5.41, 5.74) is -0.458. The van der Waals surface area contributed by atoms with Crippen LogP contribution < -0.4 is 9.64 Å². The van der Waals surface area contributed by atoms with Gasteiger partial charge in [0.25, 0.3) is 0 Å². The largest absolute Gasteiger partial charge is 0.496 e. The van der Waals surface area contributed by atoms with Gasteiger partial charge in [-0.05, 0) is 18.9 Å². The Hall–Kier alpha value is -3.81. The monoisotopic (exact) mass is 548 g/mol. The molecule has 2 aromatic rings. The zero-order valence-electron chi connectivity index (χ0n) is 22.3. The highest BCUT2D eigenvalue weighted by molar-refractivity contribution is 5.88. The summed E-state index contributed by atoms with van der Waals surface area (Å²) in [7, 11) is 5.61. The number of para-hydroxylation sites is 1. The van der Waals surface area contributed by atoms with Crippen molar-refractivity contribution in [2.75, 3.05) is 39.3 Å². The number of carbonyl (C=O) groups is 3. The van der Waals surface area contributed by atoms with Crippen LogP contribution >= 0.6 is 0 Å². The van der Waals surface area contributed by atoms with Gasteiger partial charge >= 0.3 is 17.9 Å². The first-order valence-electron chi connectivity index (χ1n) is 12.3. The fraction of sp³-hybridized carbons (Fsp3) is 0.500. The Labute approximate surface area is 226 Å². The van der Waals surface area contributed by atoms with Crippen LogP contribution in [0.3, 0.4) is 0 Å². The molecule has 1 aromatic heterocycles. The predicted molar refractivity (Wildman–Crippen MR) is 140 cm³/mol. The molecule has 1 fully saturated rings. The van der Waals surface area contributed by atoms with E-state index in [1.807, 2.05) is 43.5 Å². The van der Waals surface area contributed by atoms with Crippen molar-refractivity contribution in [3.05, 3.63) is 47.8 Å². The van der Waals surface area contributed by atoms with E-state index < -0.39 is 36.4 Å². The number of aliphatic hydroxyl groups is 1. The number of anilines is 1. The van der Waals surface area contributed by atoms with Crippen molar-refractivity contribution >= 4 is 23.9 Å². The van der Waals surface area contributed by atoms with E-state index in [1.165, 1.54) is 5.56 Å². The first-order chi connectivity index (χ1) is 18.4. The molecular formula is C26H36N4O9. The van der Waals surface area contributed by atoms with Crippen LogP contribution in [0.1, 0.15) is 36.8 Å². The van der Waals surface area contributed by atoms with Gasteiger partial charge in [-0.2, -0.15) is 0 Å². The Morgan fingerprint density at radius 2 is 1.67 bits per heavy atom. The van der Waals surface area contributed by atoms with Crippen molar-refractivity contribution in [1.29, 1.82) is 0 Å². The average Bonchev–Trinajstić information content (AvgIpc) is 3.37. The number of aromatic nitrogens is 2. The minimum Gasteiger partial charge on any atom is -0.496 e. The van der Waals surface area contributed by atoms with Crippen LogP contribution in [-0.4, -0.2) is 99.3 Å². The number of carboxylic acids is 3. The summed E-state index contributed by atoms with van der Waals surface area (Å²) in [6, 6.07) is 8.18. The van der Waals surface area contributed by atoms with Gasteiger partial charge in [0.05, 0.1) is 26.1 Å². The molecule has 2 heterocycles. The maximum Gasteiger partial charge on any atom is 0.336 e. The quantitative estimate of drug-likeness (QED) is 0.283. The number of benzene rings is 1. The minimum atomic E-state index is -2.74. The SMILES string of the molecule is COc1ccccc1CN(Cc1cnc(N(C)C)nc1)CC1CCCO1.O=C(O)CC(O)(CC(=O)O)C(=O)O. The van der Waals surface area contributed by atoms with Gasteiger partial charge in [0.2, 0.25) is 5.95 Å². The van der Waals surface area contributed by atoms with Crippen molar-refractivity contribution in [3.63, 3.8) is 0 Å². The standard InChI is InChI=1S/C20H28N4O2.C6H8O7/c1-23(2)20-21-11-16(12-22-20)13-24(15-18-8-6-10-26-18)14-17-7-4-5-9-19(17)25-3;7-3(8)1-6(13,5(11)12)2-4(9)10/h4-5,7,9,11-12,18H,6,8,10,13-15H2,1-3H3;13H,1-2H2,(H,7,8)(H,9,10)(H,11,12). The summed E-state index contributed by atoms with van der Waals surface area (Å²) < 4.78 is 11.4. The highest BCUT2D eigenvalue weighted by Crippen LogP contribution is 2.22. The predicted octanol–water partition coefficient (Wildman–Crippen LogP) is 1.48. The van der Waals surface area contributed by atoms with Gasteiger partial charge < -0.3 is 34.8 Å². The lowest BCUT2D eigenvalue weighted by Crippen LogP contribution is -2.42. The molecule has 0 spiro atoms. The van der Waals surface area contributed by atoms with Crippen LogP contribution in [0, 0.1) is 0 Å². The third-order valence-corrected chi connectivity index (χ3v) is 5.86. The van der Waals surface area contributed by atoms with Crippen LogP contribution in [0.2, 0.25) is 0 Å². The summed E-state index contributed by atoms with van der Waals surface area (Å²) >= 11 is 0. The normalized spacial score (nSPS) is 14.8. The van der Waals surface area contributed by atoms with E-state index in [1.54, 1.807) is 7.11 Å². The van der Waals surface area contributed by atoms with Crippen molar-refractivity contribution in [2.24, 2.45) is 0 Å². The second-order valence-electron chi connectivity index (χ2n) is 9.38. The summed E-state index contributed by atoms with van der Waals surface area (Å²) in [5, 5.41) is 33.8. The smallest absolute Gasteiger partial charge is 0.336 e. The lowest BCUT2D eigenvalue weighted by molar-refractivity contribution is -0.170. The number of methoxy groups -OCH3 is 1. The molecule has 0 bridgehead atoms. The first-order valence-corrected chi connectivity index (χ1v) is 12.3. The topological polar surface area (TPSA) is 183 Å². The van der Waals surface area contributed by atoms with Crippen molar-refractivity contribution in [2.45, 2.75) is 50.5 Å². The van der Waals surface area contributed by atoms with Crippen LogP contribution in [0.15, 0.2) is 36.7 Å². The third kappa shape index (κ3) is 10.5. The highest BCUT2D eigenvalue weighted by Gasteiger charge is 2.40. The summed E-state index contributed by atoms with van der Waals surface area (Å²) in [6.07, 6.45) is 4.10. The van der Waals surface area contributed by atoms with Crippen molar-refractivity contribution in [3.8, 4) is 5.75 Å². The molecule has 3 rings (SSSR count). The zero-order valence-corrected chi connectivity index (χ0v) is 22.3. The molecular weight excluding hydrogens is 512 g/mol. The number of nitrogens with zero attached hydrogens (tertiary/aromatic N) is 4. The fourth-order valence-electron chi connectivity index (χ4n) is 3.97. The fourth-order valence-corrected chi connectivity index (χ4v) is 3.97. The van der Waals surface area contributed by atoms with Crippen LogP contribution in [0.25, 0.3) is 0 Å². The summed E-state index contributed by atoms with van der Waals surface area (Å²) in [5.74, 6) is -3.37. The minimum absolute atomic E-state index is 0.298. The zero-order chi connectivity index (χ0) is 29.0. The van der Waals surface area contributed by atoms with Crippen molar-refractivity contribution < 1.29 is 44.3 Å². The number of carboxylic acid groups (broad SMARTS) is 3. The number of aliphatic carboxylic acids is 3. The average molecular weight is 549 g/mol. The van der Waals surface area contributed by atoms with Gasteiger partial charge in [-0.25, -0.2) is 14.8 Å². The molecule has 1 aliphatic heterocycles. The van der Waals surface area contributed by atoms with Crippen molar-refractivity contribution in [1.82, 2.24) is 14.9 Å². The van der Waals surface area contributed by atoms with Gasteiger partial charge in [-0.3, -0.25) is 14.5 Å².